The van der Waals surface area contributed by atoms with Crippen LogP contribution in [0.15, 0.2) is 30.5 Å². The fraction of sp³-hybridized carbons (Fsp3) is 0.429. The van der Waals surface area contributed by atoms with E-state index in [1.54, 1.807) is 6.20 Å². The van der Waals surface area contributed by atoms with Gasteiger partial charge in [-0.1, -0.05) is 18.2 Å². The fourth-order valence-electron chi connectivity index (χ4n) is 3.12. The average molecular weight is 480 g/mol. The summed E-state index contributed by atoms with van der Waals surface area (Å²) < 4.78 is 0. The molecule has 0 bridgehead atoms. The number of carboxylic acids is 1. The number of carboxylic acid groups (broad SMARTS) is 1. The summed E-state index contributed by atoms with van der Waals surface area (Å²) in [5.41, 5.74) is 7.15. The molecular formula is C21H29N5O6S. The van der Waals surface area contributed by atoms with Crippen LogP contribution in [0.25, 0.3) is 10.9 Å². The van der Waals surface area contributed by atoms with Gasteiger partial charge >= 0.3 is 5.97 Å². The molecule has 0 spiro atoms. The maximum absolute atomic E-state index is 12.9. The van der Waals surface area contributed by atoms with E-state index in [9.17, 15) is 24.3 Å². The number of nitrogens with two attached hydrogens (primary N) is 1. The number of hydrogen-bond donors (Lipinski definition) is 8. The number of rotatable bonds is 11. The molecule has 8 N–H and O–H groups in total. The minimum Gasteiger partial charge on any atom is -0.480 e. The first-order valence-corrected chi connectivity index (χ1v) is 10.9. The molecule has 0 saturated carbocycles. The highest BCUT2D eigenvalue weighted by Gasteiger charge is 2.32. The van der Waals surface area contributed by atoms with E-state index in [0.29, 0.717) is 5.56 Å². The molecule has 180 valence electrons. The normalized spacial score (nSPS) is 15.7. The van der Waals surface area contributed by atoms with Crippen LogP contribution >= 0.6 is 12.6 Å². The number of hydrogen-bond acceptors (Lipinski definition) is 7. The molecule has 1 heterocycles. The Morgan fingerprint density at radius 2 is 1.73 bits per heavy atom. The first kappa shape index (κ1) is 26.2. The maximum atomic E-state index is 12.9. The Morgan fingerprint density at radius 3 is 2.33 bits per heavy atom. The van der Waals surface area contributed by atoms with Crippen LogP contribution in [0.3, 0.4) is 0 Å². The number of aromatic amines is 1. The summed E-state index contributed by atoms with van der Waals surface area (Å²) in [5, 5.41) is 27.2. The molecule has 0 aliphatic carbocycles. The fourth-order valence-corrected chi connectivity index (χ4v) is 3.28. The molecule has 1 aromatic carbocycles. The van der Waals surface area contributed by atoms with Crippen molar-refractivity contribution >= 4 is 47.2 Å². The van der Waals surface area contributed by atoms with E-state index in [-0.39, 0.29) is 12.2 Å². The molecule has 5 atom stereocenters. The molecule has 0 fully saturated rings. The van der Waals surface area contributed by atoms with Crippen molar-refractivity contribution in [2.75, 3.05) is 5.75 Å². The smallest absolute Gasteiger partial charge is 0.325 e. The Labute approximate surface area is 195 Å². The number of fused-ring (bicyclic) bond motifs is 1. The topological polar surface area (TPSA) is 187 Å². The molecular weight excluding hydrogens is 450 g/mol. The van der Waals surface area contributed by atoms with Crippen molar-refractivity contribution in [2.45, 2.75) is 50.5 Å². The first-order valence-electron chi connectivity index (χ1n) is 10.3. The lowest BCUT2D eigenvalue weighted by Gasteiger charge is -2.26. The molecule has 11 nitrogen and oxygen atoms in total. The van der Waals surface area contributed by atoms with Crippen molar-refractivity contribution in [1.29, 1.82) is 0 Å². The van der Waals surface area contributed by atoms with Gasteiger partial charge in [0.2, 0.25) is 17.7 Å². The van der Waals surface area contributed by atoms with Gasteiger partial charge in [0.05, 0.1) is 12.1 Å². The summed E-state index contributed by atoms with van der Waals surface area (Å²) in [7, 11) is 0. The molecule has 0 radical (unpaired) electrons. The average Bonchev–Trinajstić information content (AvgIpc) is 3.18. The van der Waals surface area contributed by atoms with Crippen LogP contribution in [0, 0.1) is 0 Å². The minimum absolute atomic E-state index is 0.0264. The van der Waals surface area contributed by atoms with Crippen LogP contribution in [0.4, 0.5) is 0 Å². The first-order chi connectivity index (χ1) is 15.5. The van der Waals surface area contributed by atoms with E-state index in [4.69, 9.17) is 10.8 Å². The molecule has 2 rings (SSSR count). The molecule has 1 aromatic heterocycles. The lowest BCUT2D eigenvalue weighted by atomic mass is 10.0. The van der Waals surface area contributed by atoms with Crippen LogP contribution in [-0.4, -0.2) is 74.9 Å². The number of nitrogens with one attached hydrogen (secondary N) is 4. The minimum atomic E-state index is -1.39. The van der Waals surface area contributed by atoms with E-state index in [1.165, 1.54) is 13.8 Å². The third-order valence-corrected chi connectivity index (χ3v) is 5.45. The highest BCUT2D eigenvalue weighted by atomic mass is 32.1. The van der Waals surface area contributed by atoms with E-state index < -0.39 is 54.0 Å². The SMILES string of the molecule is CC(NC(=O)C(Cc1c[nH]c2ccccc12)NC(=O)C(NC(=O)C(N)CS)C(C)O)C(=O)O. The Balaban J connectivity index is 2.27. The van der Waals surface area contributed by atoms with Crippen molar-refractivity contribution in [2.24, 2.45) is 5.73 Å². The summed E-state index contributed by atoms with van der Waals surface area (Å²) in [6, 6.07) is 2.59. The van der Waals surface area contributed by atoms with E-state index >= 15 is 0 Å². The second-order valence-corrected chi connectivity index (χ2v) is 8.07. The second kappa shape index (κ2) is 11.7. The predicted octanol–water partition coefficient (Wildman–Crippen LogP) is -1.09. The van der Waals surface area contributed by atoms with Crippen LogP contribution in [-0.2, 0) is 25.6 Å². The van der Waals surface area contributed by atoms with Gasteiger partial charge in [-0.2, -0.15) is 12.6 Å². The van der Waals surface area contributed by atoms with Crippen molar-refractivity contribution in [3.8, 4) is 0 Å². The van der Waals surface area contributed by atoms with E-state index in [1.807, 2.05) is 24.3 Å². The summed E-state index contributed by atoms with van der Waals surface area (Å²) in [4.78, 5) is 52.1. The second-order valence-electron chi connectivity index (χ2n) is 7.71. The number of para-hydroxylation sites is 1. The number of carbonyl (C=O) groups is 4. The zero-order valence-electron chi connectivity index (χ0n) is 18.2. The van der Waals surface area contributed by atoms with Gasteiger partial charge < -0.3 is 36.9 Å². The Morgan fingerprint density at radius 1 is 1.06 bits per heavy atom. The van der Waals surface area contributed by atoms with Gasteiger partial charge in [0.25, 0.3) is 0 Å². The van der Waals surface area contributed by atoms with Crippen molar-refractivity contribution in [3.05, 3.63) is 36.0 Å². The number of carbonyl (C=O) groups excluding carboxylic acids is 3. The van der Waals surface area contributed by atoms with Crippen LogP contribution in [0.5, 0.6) is 0 Å². The lowest BCUT2D eigenvalue weighted by molar-refractivity contribution is -0.142. The van der Waals surface area contributed by atoms with Crippen LogP contribution in [0.1, 0.15) is 19.4 Å². The number of amides is 3. The number of aliphatic carboxylic acids is 1. The molecule has 0 saturated heterocycles. The highest BCUT2D eigenvalue weighted by Crippen LogP contribution is 2.19. The number of H-pyrrole nitrogens is 1. The van der Waals surface area contributed by atoms with Crippen LogP contribution in [0.2, 0.25) is 0 Å². The Hall–Kier alpha value is -3.09. The quantitative estimate of drug-likeness (QED) is 0.188. The summed E-state index contributed by atoms with van der Waals surface area (Å²) in [6.45, 7) is 2.60. The van der Waals surface area contributed by atoms with Crippen LogP contribution < -0.4 is 21.7 Å². The molecule has 5 unspecified atom stereocenters. The maximum Gasteiger partial charge on any atom is 0.325 e. The lowest BCUT2D eigenvalue weighted by Crippen LogP contribution is -2.60. The largest absolute Gasteiger partial charge is 0.480 e. The Kier molecular flexibility index (Phi) is 9.26. The van der Waals surface area contributed by atoms with Crippen molar-refractivity contribution in [1.82, 2.24) is 20.9 Å². The molecule has 0 aliphatic heterocycles. The number of benzene rings is 1. The third-order valence-electron chi connectivity index (χ3n) is 5.06. The zero-order chi connectivity index (χ0) is 24.7. The summed E-state index contributed by atoms with van der Waals surface area (Å²) in [5.74, 6) is -3.46. The molecule has 0 aliphatic rings. The standard InChI is InChI=1S/C21H29N5O6S/c1-10(21(31)32)24-19(29)16(7-12-8-23-15-6-4-3-5-13(12)15)25-20(30)17(11(2)27)26-18(28)14(22)9-33/h3-6,8,10-11,14,16-17,23,27,33H,7,9,22H2,1-2H3,(H,24,29)(H,25,30)(H,26,28)(H,31,32). The Bertz CT molecular complexity index is 1010. The number of thiol groups is 1. The van der Waals surface area contributed by atoms with Gasteiger partial charge in [-0.05, 0) is 25.5 Å². The summed E-state index contributed by atoms with van der Waals surface area (Å²) in [6.07, 6.45) is 0.429. The zero-order valence-corrected chi connectivity index (χ0v) is 19.1. The van der Waals surface area contributed by atoms with Crippen molar-refractivity contribution < 1.29 is 29.4 Å². The number of aromatic nitrogens is 1. The predicted molar refractivity (Wildman–Crippen MR) is 125 cm³/mol. The van der Waals surface area contributed by atoms with Gasteiger partial charge in [-0.15, -0.1) is 0 Å². The molecule has 3 amide bonds. The number of aliphatic hydroxyl groups excluding tert-OH is 1. The van der Waals surface area contributed by atoms with Gasteiger partial charge in [-0.25, -0.2) is 0 Å². The van der Waals surface area contributed by atoms with E-state index in [0.717, 1.165) is 10.9 Å². The highest BCUT2D eigenvalue weighted by molar-refractivity contribution is 7.80. The van der Waals surface area contributed by atoms with E-state index in [2.05, 4.69) is 33.6 Å². The van der Waals surface area contributed by atoms with Gasteiger partial charge in [0, 0.05) is 29.3 Å². The molecule has 33 heavy (non-hydrogen) atoms. The van der Waals surface area contributed by atoms with Gasteiger partial charge in [0.1, 0.15) is 18.1 Å². The summed E-state index contributed by atoms with van der Waals surface area (Å²) >= 11 is 3.94. The van der Waals surface area contributed by atoms with Gasteiger partial charge in [-0.3, -0.25) is 19.2 Å². The third kappa shape index (κ3) is 6.94. The molecule has 2 aromatic rings. The monoisotopic (exact) mass is 479 g/mol. The van der Waals surface area contributed by atoms with Gasteiger partial charge in [0.15, 0.2) is 0 Å². The molecule has 12 heteroatoms. The number of aliphatic hydroxyl groups is 1. The van der Waals surface area contributed by atoms with Crippen molar-refractivity contribution in [3.63, 3.8) is 0 Å².